The van der Waals surface area contributed by atoms with Crippen molar-refractivity contribution in [2.24, 2.45) is 0 Å². The molecule has 0 aliphatic rings. The lowest BCUT2D eigenvalue weighted by Crippen LogP contribution is -2.17. The molecule has 0 amide bonds. The monoisotopic (exact) mass is 353 g/mol. The van der Waals surface area contributed by atoms with Gasteiger partial charge in [0.15, 0.2) is 0 Å². The quantitative estimate of drug-likeness (QED) is 0.795. The van der Waals surface area contributed by atoms with E-state index in [-0.39, 0.29) is 6.04 Å². The second-order valence-electron chi connectivity index (χ2n) is 4.71. The Hall–Kier alpha value is -0.840. The number of aryl methyl sites for hydroxylation is 1. The van der Waals surface area contributed by atoms with Gasteiger partial charge in [0, 0.05) is 14.2 Å². The van der Waals surface area contributed by atoms with Crippen LogP contribution in [0.2, 0.25) is 0 Å². The average molecular weight is 354 g/mol. The fraction of sp³-hybridized carbons (Fsp3) is 0.375. The molecule has 2 rings (SSSR count). The van der Waals surface area contributed by atoms with Gasteiger partial charge in [0.05, 0.1) is 12.6 Å². The summed E-state index contributed by atoms with van der Waals surface area (Å²) in [7, 11) is 1.99. The van der Waals surface area contributed by atoms with Crippen LogP contribution >= 0.6 is 27.3 Å². The smallest absolute Gasteiger partial charge is 0.119 e. The molecule has 4 heteroatoms. The second-order valence-corrected chi connectivity index (χ2v) is 6.85. The average Bonchev–Trinajstić information content (AvgIpc) is 2.77. The number of thiophene rings is 1. The van der Waals surface area contributed by atoms with Crippen molar-refractivity contribution < 1.29 is 4.74 Å². The summed E-state index contributed by atoms with van der Waals surface area (Å²) in [5.74, 6) is 0.939. The van der Waals surface area contributed by atoms with Crippen molar-refractivity contribution in [1.82, 2.24) is 5.32 Å². The summed E-state index contributed by atoms with van der Waals surface area (Å²) in [5.41, 5.74) is 1.23. The molecular weight excluding hydrogens is 334 g/mol. The first-order valence-electron chi connectivity index (χ1n) is 6.81. The van der Waals surface area contributed by atoms with E-state index in [0.29, 0.717) is 0 Å². The Labute approximate surface area is 133 Å². The molecule has 1 aromatic carbocycles. The molecule has 0 bridgehead atoms. The number of nitrogens with one attached hydrogen (secondary N) is 1. The molecule has 0 aliphatic heterocycles. The van der Waals surface area contributed by atoms with Crippen molar-refractivity contribution >= 4 is 27.3 Å². The van der Waals surface area contributed by atoms with E-state index in [2.05, 4.69) is 59.4 Å². The maximum absolute atomic E-state index is 5.73. The molecule has 1 aromatic heterocycles. The van der Waals surface area contributed by atoms with Crippen LogP contribution in [0.25, 0.3) is 0 Å². The van der Waals surface area contributed by atoms with Gasteiger partial charge in [-0.2, -0.15) is 0 Å². The van der Waals surface area contributed by atoms with Crippen molar-refractivity contribution in [3.05, 3.63) is 50.1 Å². The van der Waals surface area contributed by atoms with Gasteiger partial charge in [0.2, 0.25) is 0 Å². The van der Waals surface area contributed by atoms with Crippen LogP contribution in [0.5, 0.6) is 5.75 Å². The molecule has 0 fully saturated rings. The van der Waals surface area contributed by atoms with Crippen LogP contribution < -0.4 is 10.1 Å². The highest BCUT2D eigenvalue weighted by molar-refractivity contribution is 9.10. The topological polar surface area (TPSA) is 21.3 Å². The van der Waals surface area contributed by atoms with Gasteiger partial charge in [-0.1, -0.05) is 19.1 Å². The minimum Gasteiger partial charge on any atom is -0.494 e. The second kappa shape index (κ2) is 7.25. The van der Waals surface area contributed by atoms with Gasteiger partial charge in [0.25, 0.3) is 0 Å². The van der Waals surface area contributed by atoms with Gasteiger partial charge in [-0.15, -0.1) is 11.3 Å². The first-order valence-corrected chi connectivity index (χ1v) is 8.42. The molecule has 1 heterocycles. The summed E-state index contributed by atoms with van der Waals surface area (Å²) in [5, 5.41) is 3.40. The Bertz CT molecular complexity index is 567. The third-order valence-electron chi connectivity index (χ3n) is 3.05. The molecule has 20 heavy (non-hydrogen) atoms. The highest BCUT2D eigenvalue weighted by Crippen LogP contribution is 2.36. The van der Waals surface area contributed by atoms with E-state index in [9.17, 15) is 0 Å². The van der Waals surface area contributed by atoms with Gasteiger partial charge in [-0.05, 0) is 60.1 Å². The molecular formula is C16H20BrNOS. The molecule has 1 unspecified atom stereocenters. The standard InChI is InChI=1S/C16H20BrNOS/c1-4-8-19-13-7-5-6-12(10-13)15(18-3)16-14(17)9-11(2)20-16/h5-7,9-10,15,18H,4,8H2,1-3H3. The zero-order valence-corrected chi connectivity index (χ0v) is 14.5. The number of halogens is 1. The first-order chi connectivity index (χ1) is 9.65. The number of rotatable bonds is 6. The lowest BCUT2D eigenvalue weighted by atomic mass is 10.1. The van der Waals surface area contributed by atoms with Crippen molar-refractivity contribution in [2.45, 2.75) is 26.3 Å². The Morgan fingerprint density at radius 1 is 1.35 bits per heavy atom. The van der Waals surface area contributed by atoms with Crippen LogP contribution in [-0.2, 0) is 0 Å². The molecule has 0 spiro atoms. The van der Waals surface area contributed by atoms with Gasteiger partial charge < -0.3 is 10.1 Å². The normalized spacial score (nSPS) is 12.4. The molecule has 1 N–H and O–H groups in total. The van der Waals surface area contributed by atoms with Crippen LogP contribution in [0.15, 0.2) is 34.8 Å². The maximum atomic E-state index is 5.73. The van der Waals surface area contributed by atoms with Crippen molar-refractivity contribution in [2.75, 3.05) is 13.7 Å². The Morgan fingerprint density at radius 2 is 2.15 bits per heavy atom. The zero-order chi connectivity index (χ0) is 14.5. The molecule has 0 saturated heterocycles. The van der Waals surface area contributed by atoms with Crippen LogP contribution in [0, 0.1) is 6.92 Å². The van der Waals surface area contributed by atoms with Crippen LogP contribution in [0.3, 0.4) is 0 Å². The molecule has 108 valence electrons. The number of ether oxygens (including phenoxy) is 1. The van der Waals surface area contributed by atoms with Crippen molar-refractivity contribution in [1.29, 1.82) is 0 Å². The van der Waals surface area contributed by atoms with Gasteiger partial charge in [0.1, 0.15) is 5.75 Å². The maximum Gasteiger partial charge on any atom is 0.119 e. The lowest BCUT2D eigenvalue weighted by molar-refractivity contribution is 0.317. The van der Waals surface area contributed by atoms with E-state index in [1.54, 1.807) is 0 Å². The van der Waals surface area contributed by atoms with E-state index in [1.165, 1.54) is 19.8 Å². The molecule has 0 saturated carbocycles. The van der Waals surface area contributed by atoms with E-state index < -0.39 is 0 Å². The Kier molecular flexibility index (Phi) is 5.64. The van der Waals surface area contributed by atoms with E-state index >= 15 is 0 Å². The third kappa shape index (κ3) is 3.62. The number of hydrogen-bond acceptors (Lipinski definition) is 3. The minimum absolute atomic E-state index is 0.188. The summed E-state index contributed by atoms with van der Waals surface area (Å²) in [6, 6.07) is 10.7. The van der Waals surface area contributed by atoms with Gasteiger partial charge in [-0.3, -0.25) is 0 Å². The summed E-state index contributed by atoms with van der Waals surface area (Å²) in [4.78, 5) is 2.61. The van der Waals surface area contributed by atoms with Crippen molar-refractivity contribution in [3.8, 4) is 5.75 Å². The molecule has 2 aromatic rings. The summed E-state index contributed by atoms with van der Waals surface area (Å²) < 4.78 is 6.89. The fourth-order valence-corrected chi connectivity index (χ4v) is 4.17. The molecule has 1 atom stereocenters. The van der Waals surface area contributed by atoms with Crippen molar-refractivity contribution in [3.63, 3.8) is 0 Å². The zero-order valence-electron chi connectivity index (χ0n) is 12.1. The SMILES string of the molecule is CCCOc1cccc(C(NC)c2sc(C)cc2Br)c1. The highest BCUT2D eigenvalue weighted by atomic mass is 79.9. The summed E-state index contributed by atoms with van der Waals surface area (Å²) >= 11 is 5.47. The predicted octanol–water partition coefficient (Wildman–Crippen LogP) is 4.92. The van der Waals surface area contributed by atoms with Crippen LogP contribution in [0.4, 0.5) is 0 Å². The van der Waals surface area contributed by atoms with Gasteiger partial charge in [-0.25, -0.2) is 0 Å². The van der Waals surface area contributed by atoms with E-state index in [1.807, 2.05) is 24.5 Å². The Balaban J connectivity index is 2.29. The third-order valence-corrected chi connectivity index (χ3v) is 5.09. The van der Waals surface area contributed by atoms with E-state index in [4.69, 9.17) is 4.74 Å². The molecule has 0 radical (unpaired) electrons. The van der Waals surface area contributed by atoms with Gasteiger partial charge >= 0.3 is 0 Å². The summed E-state index contributed by atoms with van der Waals surface area (Å²) in [6.45, 7) is 5.01. The minimum atomic E-state index is 0.188. The summed E-state index contributed by atoms with van der Waals surface area (Å²) in [6.07, 6.45) is 1.02. The van der Waals surface area contributed by atoms with Crippen LogP contribution in [0.1, 0.15) is 34.7 Å². The largest absolute Gasteiger partial charge is 0.494 e. The lowest BCUT2D eigenvalue weighted by Gasteiger charge is -2.17. The highest BCUT2D eigenvalue weighted by Gasteiger charge is 2.18. The fourth-order valence-electron chi connectivity index (χ4n) is 2.15. The number of benzene rings is 1. The molecule has 0 aliphatic carbocycles. The Morgan fingerprint density at radius 3 is 2.75 bits per heavy atom. The first kappa shape index (κ1) is 15.5. The van der Waals surface area contributed by atoms with E-state index in [0.717, 1.165) is 18.8 Å². The van der Waals surface area contributed by atoms with Crippen LogP contribution in [-0.4, -0.2) is 13.7 Å². The number of hydrogen-bond donors (Lipinski definition) is 1. The predicted molar refractivity (Wildman–Crippen MR) is 89.9 cm³/mol. The molecule has 2 nitrogen and oxygen atoms in total.